The van der Waals surface area contributed by atoms with Gasteiger partial charge in [0.25, 0.3) is 0 Å². The molecule has 54 heavy (non-hydrogen) atoms. The highest BCUT2D eigenvalue weighted by Crippen LogP contribution is 2.34. The van der Waals surface area contributed by atoms with Crippen LogP contribution in [-0.2, 0) is 42.9 Å². The Hall–Kier alpha value is -3.07. The lowest BCUT2D eigenvalue weighted by Gasteiger charge is -2.33. The minimum atomic E-state index is -1.90. The summed E-state index contributed by atoms with van der Waals surface area (Å²) in [5.74, 6) is -6.18. The van der Waals surface area contributed by atoms with Crippen molar-refractivity contribution in [1.82, 2.24) is 10.6 Å². The Morgan fingerprint density at radius 2 is 1.46 bits per heavy atom. The number of carboxylic acid groups (broad SMARTS) is 1. The maximum Gasteiger partial charge on any atom is 0.329 e. The molecule has 0 spiro atoms. The Balaban J connectivity index is 1.54. The fourth-order valence-corrected chi connectivity index (χ4v) is 6.75. The highest BCUT2D eigenvalue weighted by atomic mass is 16.7. The number of nitrogens with two attached hydrogens (primary N) is 2. The number of imide groups is 1. The fourth-order valence-electron chi connectivity index (χ4n) is 6.75. The van der Waals surface area contributed by atoms with Crippen molar-refractivity contribution in [2.75, 3.05) is 13.2 Å². The van der Waals surface area contributed by atoms with Crippen molar-refractivity contribution in [3.05, 3.63) is 12.2 Å². The van der Waals surface area contributed by atoms with Crippen molar-refractivity contribution in [2.24, 2.45) is 17.4 Å². The number of carbonyl (C=O) groups is 5. The third-order valence-electron chi connectivity index (χ3n) is 10.0. The summed E-state index contributed by atoms with van der Waals surface area (Å²) in [5, 5.41) is 56.7. The van der Waals surface area contributed by atoms with Crippen molar-refractivity contribution in [3.8, 4) is 0 Å². The van der Waals surface area contributed by atoms with E-state index in [4.69, 9.17) is 30.4 Å². The number of nitrogens with one attached hydrogen (secondary N) is 2. The second-order valence-corrected chi connectivity index (χ2v) is 14.2. The Labute approximate surface area is 315 Å². The molecule has 3 aliphatic heterocycles. The van der Waals surface area contributed by atoms with Gasteiger partial charge in [-0.3, -0.25) is 24.5 Å². The Morgan fingerprint density at radius 3 is 2.00 bits per heavy atom. The van der Waals surface area contributed by atoms with E-state index in [0.717, 1.165) is 37.8 Å². The molecule has 0 aliphatic carbocycles. The minimum absolute atomic E-state index is 0.0651. The second-order valence-electron chi connectivity index (χ2n) is 14.2. The molecular formula is C36H60N4O14. The van der Waals surface area contributed by atoms with Crippen LogP contribution in [0.5, 0.6) is 0 Å². The molecule has 18 nitrogen and oxygen atoms in total. The van der Waals surface area contributed by atoms with Gasteiger partial charge < -0.3 is 61.3 Å². The van der Waals surface area contributed by atoms with E-state index in [1.807, 2.05) is 0 Å². The van der Waals surface area contributed by atoms with Gasteiger partial charge in [0, 0.05) is 19.0 Å². The van der Waals surface area contributed by atoms with Gasteiger partial charge in [0.2, 0.25) is 17.7 Å². The molecule has 3 aliphatic rings. The van der Waals surface area contributed by atoms with Gasteiger partial charge in [0.1, 0.15) is 61.5 Å². The van der Waals surface area contributed by atoms with Crippen LogP contribution in [0, 0.1) is 5.92 Å². The summed E-state index contributed by atoms with van der Waals surface area (Å²) in [6, 6.07) is -3.65. The summed E-state index contributed by atoms with van der Waals surface area (Å²) in [7, 11) is 0. The maximum absolute atomic E-state index is 13.4. The van der Waals surface area contributed by atoms with Gasteiger partial charge in [-0.05, 0) is 6.42 Å². The molecule has 18 heteroatoms. The molecule has 0 aromatic heterocycles. The molecule has 11 N–H and O–H groups in total. The molecule has 3 amide bonds. The number of hydrogen-bond donors (Lipinski definition) is 9. The van der Waals surface area contributed by atoms with Crippen LogP contribution >= 0.6 is 0 Å². The van der Waals surface area contributed by atoms with E-state index >= 15 is 0 Å². The molecule has 0 saturated carbocycles. The van der Waals surface area contributed by atoms with Crippen molar-refractivity contribution in [2.45, 2.75) is 164 Å². The third kappa shape index (κ3) is 13.3. The van der Waals surface area contributed by atoms with Crippen LogP contribution in [-0.4, -0.2) is 136 Å². The zero-order valence-electron chi connectivity index (χ0n) is 31.0. The number of esters is 1. The first-order valence-corrected chi connectivity index (χ1v) is 19.2. The predicted octanol–water partition coefficient (Wildman–Crippen LogP) is -0.984. The van der Waals surface area contributed by atoms with Gasteiger partial charge in [-0.2, -0.15) is 0 Å². The molecule has 3 rings (SSSR count). The standard InChI is InChI=1S/C36H60N4O14/c1-2-3-4-5-6-7-8-9-10-11-12-13-14-15-24(42)51-19-21(35(49)50)39-34(48)25(38)31(54-36-29(46)26(43)22(18-37)52-36)32-28(45)27(44)30(53-32)20-16-17-23(41)40-33(20)47/h16-17,20-22,25-32,36,43-46H,2-15,18-19,37-38H2,1H3,(H,39,48)(H,49,50)(H,40,41,47)/t20?,21-,22+,25+,26+,27-,28+,29+,30+,31+,32?,36?/m1/s1. The second kappa shape index (κ2) is 23.1. The number of rotatable bonds is 25. The van der Waals surface area contributed by atoms with Crippen molar-refractivity contribution in [1.29, 1.82) is 0 Å². The summed E-state index contributed by atoms with van der Waals surface area (Å²) >= 11 is 0. The highest BCUT2D eigenvalue weighted by Gasteiger charge is 2.55. The first-order chi connectivity index (χ1) is 25.8. The molecule has 2 saturated heterocycles. The predicted molar refractivity (Wildman–Crippen MR) is 190 cm³/mol. The molecule has 0 bridgehead atoms. The molecular weight excluding hydrogens is 712 g/mol. The lowest BCUT2D eigenvalue weighted by molar-refractivity contribution is -0.223. The van der Waals surface area contributed by atoms with Gasteiger partial charge in [-0.1, -0.05) is 90.0 Å². The van der Waals surface area contributed by atoms with Crippen LogP contribution in [0.25, 0.3) is 0 Å². The largest absolute Gasteiger partial charge is 0.480 e. The van der Waals surface area contributed by atoms with Gasteiger partial charge in [-0.25, -0.2) is 4.79 Å². The topological polar surface area (TPSA) is 300 Å². The Morgan fingerprint density at radius 1 is 0.870 bits per heavy atom. The van der Waals surface area contributed by atoms with E-state index in [2.05, 4.69) is 17.6 Å². The van der Waals surface area contributed by atoms with Crippen LogP contribution in [0.1, 0.15) is 96.8 Å². The SMILES string of the molecule is CCCCCCCCCCCCCCCC(=O)OC[C@@H](NC(=O)[C@@H](N)[C@H](OC1O[C@@H](CN)[C@H](O)[C@@H]1O)C1O[C@@H](C2C=CC(=O)NC2=O)[C@H](O)[C@@H]1O)C(=O)O. The molecule has 0 aromatic rings. The Bertz CT molecular complexity index is 1260. The monoisotopic (exact) mass is 772 g/mol. The van der Waals surface area contributed by atoms with Crippen molar-refractivity contribution in [3.63, 3.8) is 0 Å². The van der Waals surface area contributed by atoms with Gasteiger partial charge in [0.05, 0.1) is 5.92 Å². The smallest absolute Gasteiger partial charge is 0.329 e. The molecule has 12 atom stereocenters. The van der Waals surface area contributed by atoms with E-state index in [0.29, 0.717) is 6.42 Å². The van der Waals surface area contributed by atoms with Gasteiger partial charge in [0.15, 0.2) is 12.3 Å². The van der Waals surface area contributed by atoms with E-state index < -0.39 is 109 Å². The first kappa shape index (κ1) is 45.3. The number of hydrogen-bond acceptors (Lipinski definition) is 15. The first-order valence-electron chi connectivity index (χ1n) is 19.2. The number of amides is 3. The van der Waals surface area contributed by atoms with E-state index in [-0.39, 0.29) is 13.0 Å². The zero-order chi connectivity index (χ0) is 39.8. The molecule has 3 heterocycles. The number of aliphatic hydroxyl groups excluding tert-OH is 4. The number of carboxylic acids is 1. The summed E-state index contributed by atoms with van der Waals surface area (Å²) in [4.78, 5) is 61.9. The highest BCUT2D eigenvalue weighted by molar-refractivity contribution is 6.05. The van der Waals surface area contributed by atoms with E-state index in [1.54, 1.807) is 0 Å². The summed E-state index contributed by atoms with van der Waals surface area (Å²) in [6.07, 6.45) is 2.33. The van der Waals surface area contributed by atoms with E-state index in [9.17, 15) is 49.5 Å². The number of ether oxygens (including phenoxy) is 4. The fraction of sp³-hybridized carbons (Fsp3) is 0.806. The molecule has 0 aromatic carbocycles. The van der Waals surface area contributed by atoms with Crippen LogP contribution in [0.4, 0.5) is 0 Å². The maximum atomic E-state index is 13.4. The molecule has 308 valence electrons. The van der Waals surface area contributed by atoms with Crippen molar-refractivity contribution >= 4 is 29.7 Å². The van der Waals surface area contributed by atoms with E-state index in [1.165, 1.54) is 51.4 Å². The zero-order valence-corrected chi connectivity index (χ0v) is 31.0. The minimum Gasteiger partial charge on any atom is -0.480 e. The molecule has 2 fully saturated rings. The van der Waals surface area contributed by atoms with Gasteiger partial charge >= 0.3 is 11.9 Å². The summed E-state index contributed by atoms with van der Waals surface area (Å²) in [5.41, 5.74) is 11.8. The third-order valence-corrected chi connectivity index (χ3v) is 10.0. The van der Waals surface area contributed by atoms with Crippen LogP contribution in [0.3, 0.4) is 0 Å². The number of unbranched alkanes of at least 4 members (excludes halogenated alkanes) is 12. The average Bonchev–Trinajstić information content (AvgIpc) is 3.58. The van der Waals surface area contributed by atoms with Crippen molar-refractivity contribution < 1.29 is 68.5 Å². The van der Waals surface area contributed by atoms with Gasteiger partial charge in [-0.15, -0.1) is 0 Å². The van der Waals surface area contributed by atoms with Crippen LogP contribution in [0.15, 0.2) is 12.2 Å². The lowest BCUT2D eigenvalue weighted by atomic mass is 9.92. The normalized spacial score (nSPS) is 29.8. The Kier molecular flexibility index (Phi) is 19.4. The molecule has 0 radical (unpaired) electrons. The number of aliphatic hydroxyl groups is 4. The summed E-state index contributed by atoms with van der Waals surface area (Å²) < 4.78 is 22.2. The van der Waals surface area contributed by atoms with Crippen LogP contribution in [0.2, 0.25) is 0 Å². The average molecular weight is 773 g/mol. The lowest BCUT2D eigenvalue weighted by Crippen LogP contribution is -2.60. The quantitative estimate of drug-likeness (QED) is 0.0306. The number of aliphatic carboxylic acids is 1. The molecule has 3 unspecified atom stereocenters. The van der Waals surface area contributed by atoms with Crippen LogP contribution < -0.4 is 22.1 Å². The number of carbonyl (C=O) groups excluding carboxylic acids is 4. The summed E-state index contributed by atoms with van der Waals surface area (Å²) in [6.45, 7) is 1.25.